The third-order valence-corrected chi connectivity index (χ3v) is 7.33. The van der Waals surface area contributed by atoms with E-state index >= 15 is 0 Å². The van der Waals surface area contributed by atoms with E-state index < -0.39 is 10.0 Å². The molecule has 0 radical (unpaired) electrons. The molecule has 1 aliphatic heterocycles. The second-order valence-corrected chi connectivity index (χ2v) is 9.09. The van der Waals surface area contributed by atoms with Gasteiger partial charge in [0.05, 0.1) is 34.7 Å². The van der Waals surface area contributed by atoms with Crippen LogP contribution in [0.1, 0.15) is 10.4 Å². The van der Waals surface area contributed by atoms with Gasteiger partial charge in [-0.25, -0.2) is 8.42 Å². The summed E-state index contributed by atoms with van der Waals surface area (Å²) >= 11 is 11.8. The van der Waals surface area contributed by atoms with Crippen molar-refractivity contribution in [3.8, 4) is 11.5 Å². The first-order chi connectivity index (χ1) is 13.8. The molecule has 0 saturated carbocycles. The van der Waals surface area contributed by atoms with Crippen LogP contribution in [0.4, 0.5) is 0 Å². The van der Waals surface area contributed by atoms with Crippen molar-refractivity contribution in [2.24, 2.45) is 0 Å². The van der Waals surface area contributed by atoms with Crippen LogP contribution in [-0.4, -0.2) is 63.9 Å². The largest absolute Gasteiger partial charge is 0.497 e. The third-order valence-electron chi connectivity index (χ3n) is 4.69. The van der Waals surface area contributed by atoms with Crippen molar-refractivity contribution >= 4 is 39.1 Å². The van der Waals surface area contributed by atoms with Gasteiger partial charge in [-0.15, -0.1) is 0 Å². The summed E-state index contributed by atoms with van der Waals surface area (Å²) in [5.74, 6) is 0.757. The van der Waals surface area contributed by atoms with Gasteiger partial charge in [0.25, 0.3) is 5.91 Å². The van der Waals surface area contributed by atoms with Crippen molar-refractivity contribution < 1.29 is 22.7 Å². The fourth-order valence-corrected chi connectivity index (χ4v) is 4.88. The standard InChI is InChI=1S/C19H20Cl2N2O5S/c1-27-13-3-5-15(18(11-13)28-2)19(24)22-7-9-23(10-8-22)29(25,26)14-4-6-16(20)17(21)12-14/h3-6,11-12H,7-10H2,1-2H3. The maximum Gasteiger partial charge on any atom is 0.257 e. The van der Waals surface area contributed by atoms with Crippen LogP contribution in [0.15, 0.2) is 41.3 Å². The third kappa shape index (κ3) is 4.45. The number of hydrogen-bond donors (Lipinski definition) is 0. The van der Waals surface area contributed by atoms with Gasteiger partial charge < -0.3 is 14.4 Å². The summed E-state index contributed by atoms with van der Waals surface area (Å²) in [5.41, 5.74) is 0.397. The van der Waals surface area contributed by atoms with Crippen molar-refractivity contribution in [2.75, 3.05) is 40.4 Å². The number of sulfonamides is 1. The number of rotatable bonds is 5. The maximum atomic E-state index is 12.9. The van der Waals surface area contributed by atoms with Crippen LogP contribution in [0.25, 0.3) is 0 Å². The molecule has 2 aromatic carbocycles. The summed E-state index contributed by atoms with van der Waals surface area (Å²) in [6, 6.07) is 9.16. The Morgan fingerprint density at radius 2 is 1.62 bits per heavy atom. The number of nitrogens with zero attached hydrogens (tertiary/aromatic N) is 2. The van der Waals surface area contributed by atoms with Crippen LogP contribution in [0.5, 0.6) is 11.5 Å². The topological polar surface area (TPSA) is 76.2 Å². The molecule has 3 rings (SSSR count). The number of hydrogen-bond acceptors (Lipinski definition) is 5. The van der Waals surface area contributed by atoms with Gasteiger partial charge in [0.1, 0.15) is 11.5 Å². The first-order valence-corrected chi connectivity index (χ1v) is 10.9. The van der Waals surface area contributed by atoms with Gasteiger partial charge in [0.2, 0.25) is 10.0 Å². The van der Waals surface area contributed by atoms with E-state index in [4.69, 9.17) is 32.7 Å². The van der Waals surface area contributed by atoms with E-state index in [0.29, 0.717) is 17.1 Å². The van der Waals surface area contributed by atoms with Crippen LogP contribution in [0.3, 0.4) is 0 Å². The fraction of sp³-hybridized carbons (Fsp3) is 0.316. The van der Waals surface area contributed by atoms with E-state index in [1.54, 1.807) is 23.1 Å². The van der Waals surface area contributed by atoms with Crippen LogP contribution in [-0.2, 0) is 10.0 Å². The second kappa shape index (κ2) is 8.79. The molecule has 1 amide bonds. The molecule has 1 fully saturated rings. The summed E-state index contributed by atoms with van der Waals surface area (Å²) in [7, 11) is -0.715. The minimum atomic E-state index is -3.73. The molecule has 2 aromatic rings. The number of halogens is 2. The minimum absolute atomic E-state index is 0.0727. The molecule has 0 bridgehead atoms. The predicted molar refractivity (Wildman–Crippen MR) is 111 cm³/mol. The van der Waals surface area contributed by atoms with Crippen molar-refractivity contribution in [2.45, 2.75) is 4.90 Å². The van der Waals surface area contributed by atoms with Crippen LogP contribution < -0.4 is 9.47 Å². The van der Waals surface area contributed by atoms with Crippen LogP contribution >= 0.6 is 23.2 Å². The second-order valence-electron chi connectivity index (χ2n) is 6.34. The van der Waals surface area contributed by atoms with E-state index in [2.05, 4.69) is 0 Å². The van der Waals surface area contributed by atoms with Gasteiger partial charge >= 0.3 is 0 Å². The monoisotopic (exact) mass is 458 g/mol. The quantitative estimate of drug-likeness (QED) is 0.687. The predicted octanol–water partition coefficient (Wildman–Crippen LogP) is 3.16. The highest BCUT2D eigenvalue weighted by Crippen LogP contribution is 2.28. The molecule has 0 aliphatic carbocycles. The number of carbonyl (C=O) groups excluding carboxylic acids is 1. The molecule has 1 saturated heterocycles. The average Bonchev–Trinajstić information content (AvgIpc) is 2.74. The first kappa shape index (κ1) is 21.7. The minimum Gasteiger partial charge on any atom is -0.497 e. The molecular weight excluding hydrogens is 439 g/mol. The molecule has 0 spiro atoms. The van der Waals surface area contributed by atoms with Crippen molar-refractivity contribution in [1.29, 1.82) is 0 Å². The molecule has 10 heteroatoms. The van der Waals surface area contributed by atoms with Crippen molar-refractivity contribution in [1.82, 2.24) is 9.21 Å². The Morgan fingerprint density at radius 1 is 0.931 bits per heavy atom. The summed E-state index contributed by atoms with van der Waals surface area (Å²) in [5, 5.41) is 0.461. The van der Waals surface area contributed by atoms with Gasteiger partial charge in [0, 0.05) is 32.2 Å². The molecule has 0 aromatic heterocycles. The number of carbonyl (C=O) groups is 1. The normalized spacial score (nSPS) is 15.2. The zero-order chi connectivity index (χ0) is 21.2. The number of methoxy groups -OCH3 is 2. The highest BCUT2D eigenvalue weighted by molar-refractivity contribution is 7.89. The summed E-state index contributed by atoms with van der Waals surface area (Å²) in [6.45, 7) is 0.864. The molecular formula is C19H20Cl2N2O5S. The van der Waals surface area contributed by atoms with E-state index in [0.717, 1.165) is 0 Å². The van der Waals surface area contributed by atoms with Gasteiger partial charge in [-0.05, 0) is 30.3 Å². The molecule has 0 atom stereocenters. The molecule has 0 unspecified atom stereocenters. The maximum absolute atomic E-state index is 12.9. The number of amides is 1. The van der Waals surface area contributed by atoms with E-state index in [9.17, 15) is 13.2 Å². The fourth-order valence-electron chi connectivity index (χ4n) is 3.06. The van der Waals surface area contributed by atoms with Crippen molar-refractivity contribution in [3.63, 3.8) is 0 Å². The summed E-state index contributed by atoms with van der Waals surface area (Å²) in [4.78, 5) is 14.6. The lowest BCUT2D eigenvalue weighted by atomic mass is 10.1. The molecule has 156 valence electrons. The zero-order valence-electron chi connectivity index (χ0n) is 15.9. The lowest BCUT2D eigenvalue weighted by molar-refractivity contribution is 0.0694. The molecule has 0 N–H and O–H groups in total. The molecule has 7 nitrogen and oxygen atoms in total. The summed E-state index contributed by atoms with van der Waals surface area (Å²) < 4.78 is 37.5. The van der Waals surface area contributed by atoms with E-state index in [-0.39, 0.29) is 47.0 Å². The van der Waals surface area contributed by atoms with Gasteiger partial charge in [-0.1, -0.05) is 23.2 Å². The molecule has 1 heterocycles. The Kier molecular flexibility index (Phi) is 6.58. The first-order valence-electron chi connectivity index (χ1n) is 8.74. The Hall–Kier alpha value is -2.00. The lowest BCUT2D eigenvalue weighted by Crippen LogP contribution is -2.50. The average molecular weight is 459 g/mol. The number of benzene rings is 2. The Bertz CT molecular complexity index is 1020. The van der Waals surface area contributed by atoms with Crippen molar-refractivity contribution in [3.05, 3.63) is 52.0 Å². The SMILES string of the molecule is COc1ccc(C(=O)N2CCN(S(=O)(=O)c3ccc(Cl)c(Cl)c3)CC2)c(OC)c1. The van der Waals surface area contributed by atoms with Gasteiger partial charge in [0.15, 0.2) is 0 Å². The van der Waals surface area contributed by atoms with E-state index in [1.807, 2.05) is 0 Å². The molecule has 29 heavy (non-hydrogen) atoms. The Balaban J connectivity index is 1.73. The van der Waals surface area contributed by atoms with E-state index in [1.165, 1.54) is 36.7 Å². The highest BCUT2D eigenvalue weighted by atomic mass is 35.5. The van der Waals surface area contributed by atoms with Crippen LogP contribution in [0.2, 0.25) is 10.0 Å². The molecule has 1 aliphatic rings. The lowest BCUT2D eigenvalue weighted by Gasteiger charge is -2.34. The van der Waals surface area contributed by atoms with Crippen LogP contribution in [0, 0.1) is 0 Å². The zero-order valence-corrected chi connectivity index (χ0v) is 18.2. The van der Waals surface area contributed by atoms with Gasteiger partial charge in [-0.2, -0.15) is 4.31 Å². The number of ether oxygens (including phenoxy) is 2. The smallest absolute Gasteiger partial charge is 0.257 e. The number of piperazine rings is 1. The Morgan fingerprint density at radius 3 is 2.21 bits per heavy atom. The van der Waals surface area contributed by atoms with Gasteiger partial charge in [-0.3, -0.25) is 4.79 Å². The Labute approximate surface area is 179 Å². The highest BCUT2D eigenvalue weighted by Gasteiger charge is 2.31. The summed E-state index contributed by atoms with van der Waals surface area (Å²) in [6.07, 6.45) is 0.